The summed E-state index contributed by atoms with van der Waals surface area (Å²) in [6, 6.07) is 12.4. The highest BCUT2D eigenvalue weighted by molar-refractivity contribution is 7.89. The number of hydrogen-bond donors (Lipinski definition) is 1. The Labute approximate surface area is 323 Å². The van der Waals surface area contributed by atoms with Crippen LogP contribution >= 0.6 is 11.6 Å². The van der Waals surface area contributed by atoms with Crippen LogP contribution in [0, 0.1) is 34.9 Å². The maximum absolute atomic E-state index is 15.2. The highest BCUT2D eigenvalue weighted by atomic mass is 35.5. The van der Waals surface area contributed by atoms with Crippen molar-refractivity contribution in [2.45, 2.75) is 68.5 Å². The van der Waals surface area contributed by atoms with Crippen LogP contribution in [0.15, 0.2) is 59.5 Å². The minimum atomic E-state index is -5.78. The van der Waals surface area contributed by atoms with E-state index in [1.807, 2.05) is 12.1 Å². The number of sulfonamides is 1. The molecule has 2 aliphatic carbocycles. The molecular formula is C39H34ClF6N3O6S. The fraction of sp³-hybridized carbons (Fsp3) is 0.333. The van der Waals surface area contributed by atoms with Crippen LogP contribution in [0.1, 0.15) is 71.5 Å². The van der Waals surface area contributed by atoms with Gasteiger partial charge in [-0.15, -0.1) is 0 Å². The van der Waals surface area contributed by atoms with Crippen molar-refractivity contribution in [2.75, 3.05) is 29.4 Å². The first-order valence-electron chi connectivity index (χ1n) is 17.8. The van der Waals surface area contributed by atoms with Gasteiger partial charge in [-0.2, -0.15) is 4.31 Å². The number of carboxylic acid groups (broad SMARTS) is 1. The number of rotatable bonds is 14. The van der Waals surface area contributed by atoms with Gasteiger partial charge in [0.2, 0.25) is 21.7 Å². The lowest BCUT2D eigenvalue weighted by molar-refractivity contribution is -0.119. The van der Waals surface area contributed by atoms with E-state index < -0.39 is 74.8 Å². The van der Waals surface area contributed by atoms with Gasteiger partial charge in [0, 0.05) is 30.3 Å². The molecule has 7 rings (SSSR count). The van der Waals surface area contributed by atoms with E-state index in [2.05, 4.69) is 11.0 Å². The van der Waals surface area contributed by atoms with Crippen LogP contribution in [0.5, 0.6) is 5.75 Å². The number of aromatic carboxylic acids is 1. The molecule has 1 amide bonds. The number of carboxylic acids is 1. The van der Waals surface area contributed by atoms with E-state index in [9.17, 15) is 40.7 Å². The third-order valence-corrected chi connectivity index (χ3v) is 12.1. The second kappa shape index (κ2) is 15.6. The lowest BCUT2D eigenvalue weighted by atomic mass is 10.0. The van der Waals surface area contributed by atoms with Crippen LogP contribution in [-0.2, 0) is 27.9 Å². The first-order valence-corrected chi connectivity index (χ1v) is 19.6. The Morgan fingerprint density at radius 2 is 1.48 bits per heavy atom. The molecule has 0 aromatic heterocycles. The molecule has 3 aliphatic rings. The van der Waals surface area contributed by atoms with Gasteiger partial charge in [-0.3, -0.25) is 4.79 Å². The van der Waals surface area contributed by atoms with Gasteiger partial charge in [-0.25, -0.2) is 39.6 Å². The lowest BCUT2D eigenvalue weighted by Gasteiger charge is -2.30. The number of nitrogens with zero attached hydrogens (tertiary/aromatic N) is 3. The molecule has 0 spiro atoms. The van der Waals surface area contributed by atoms with Gasteiger partial charge in [-0.05, 0) is 104 Å². The summed E-state index contributed by atoms with van der Waals surface area (Å²) in [6.45, 7) is -0.854. The molecule has 0 radical (unpaired) electrons. The number of anilines is 2. The predicted molar refractivity (Wildman–Crippen MR) is 193 cm³/mol. The minimum absolute atomic E-state index is 0.0189. The van der Waals surface area contributed by atoms with Gasteiger partial charge < -0.3 is 19.6 Å². The number of amides is 1. The zero-order valence-electron chi connectivity index (χ0n) is 29.5. The van der Waals surface area contributed by atoms with Crippen molar-refractivity contribution in [3.8, 4) is 5.75 Å². The Morgan fingerprint density at radius 1 is 0.821 bits per heavy atom. The van der Waals surface area contributed by atoms with Gasteiger partial charge in [0.05, 0.1) is 30.4 Å². The summed E-state index contributed by atoms with van der Waals surface area (Å²) in [7, 11) is -5.78. The molecule has 1 aliphatic heterocycles. The largest absolute Gasteiger partial charge is 0.488 e. The van der Waals surface area contributed by atoms with Crippen LogP contribution in [-0.4, -0.2) is 55.4 Å². The maximum Gasteiger partial charge on any atom is 0.335 e. The van der Waals surface area contributed by atoms with Gasteiger partial charge in [0.25, 0.3) is 0 Å². The standard InChI is InChI=1S/C39H34ClF6N3O6S/c40-29-17-26(41)7-5-24(29)19-48(56(53,54)38-36(45)34(43)33(42)35(44)37(38)46)20-32(50)49(30-10-6-23(39(51)52)16-31(30)55-28-8-9-28)18-21-13-25(22-3-4-22)15-27(14-21)47-11-1-2-12-47/h5-7,10,13-17,22,28H,1-4,8-9,11-12,18-20H2,(H,51,52). The zero-order chi connectivity index (χ0) is 40.1. The smallest absolute Gasteiger partial charge is 0.335 e. The Balaban J connectivity index is 1.35. The highest BCUT2D eigenvalue weighted by Crippen LogP contribution is 2.43. The molecule has 1 heterocycles. The second-order valence-electron chi connectivity index (χ2n) is 14.1. The molecule has 1 N–H and O–H groups in total. The number of halogens is 7. The first-order chi connectivity index (χ1) is 26.6. The monoisotopic (exact) mass is 821 g/mol. The fourth-order valence-electron chi connectivity index (χ4n) is 6.66. The van der Waals surface area contributed by atoms with Crippen molar-refractivity contribution in [3.05, 3.63) is 117 Å². The normalized spacial score (nSPS) is 15.8. The van der Waals surface area contributed by atoms with Gasteiger partial charge in [-0.1, -0.05) is 23.7 Å². The van der Waals surface area contributed by atoms with Crippen molar-refractivity contribution in [1.82, 2.24) is 4.31 Å². The van der Waals surface area contributed by atoms with Crippen LogP contribution in [0.4, 0.5) is 37.7 Å². The predicted octanol–water partition coefficient (Wildman–Crippen LogP) is 8.32. The van der Waals surface area contributed by atoms with Crippen molar-refractivity contribution in [1.29, 1.82) is 0 Å². The number of carbonyl (C=O) groups excluding carboxylic acids is 1. The first kappa shape index (κ1) is 39.4. The van der Waals surface area contributed by atoms with Crippen LogP contribution in [0.25, 0.3) is 0 Å². The summed E-state index contributed by atoms with van der Waals surface area (Å²) in [5.74, 6) is -15.9. The van der Waals surface area contributed by atoms with Crippen LogP contribution < -0.4 is 14.5 Å². The third kappa shape index (κ3) is 8.18. The molecule has 4 aromatic carbocycles. The Bertz CT molecular complexity index is 2310. The van der Waals surface area contributed by atoms with Gasteiger partial charge in [0.1, 0.15) is 11.6 Å². The number of hydrogen-bond acceptors (Lipinski definition) is 6. The van der Waals surface area contributed by atoms with E-state index in [0.29, 0.717) is 18.4 Å². The molecule has 0 atom stereocenters. The molecule has 17 heteroatoms. The van der Waals surface area contributed by atoms with Crippen molar-refractivity contribution in [2.24, 2.45) is 0 Å². The summed E-state index contributed by atoms with van der Waals surface area (Å²) >= 11 is 6.19. The zero-order valence-corrected chi connectivity index (χ0v) is 31.1. The third-order valence-electron chi connectivity index (χ3n) is 9.92. The molecule has 56 heavy (non-hydrogen) atoms. The summed E-state index contributed by atoms with van der Waals surface area (Å²) in [6.07, 6.45) is 4.85. The molecule has 4 aromatic rings. The van der Waals surface area contributed by atoms with Crippen LogP contribution in [0.2, 0.25) is 5.02 Å². The van der Waals surface area contributed by atoms with E-state index in [1.165, 1.54) is 18.2 Å². The minimum Gasteiger partial charge on any atom is -0.488 e. The van der Waals surface area contributed by atoms with Crippen molar-refractivity contribution < 1.29 is 54.2 Å². The molecule has 0 unspecified atom stereocenters. The summed E-state index contributed by atoms with van der Waals surface area (Å²) in [4.78, 5) is 27.8. The highest BCUT2D eigenvalue weighted by Gasteiger charge is 2.39. The SMILES string of the molecule is O=C(O)c1ccc(N(Cc2cc(C3CC3)cc(N3CCCC3)c2)C(=O)CN(Cc2ccc(F)cc2Cl)S(=O)(=O)c2c(F)c(F)c(F)c(F)c2F)c(OC2CC2)c1. The van der Waals surface area contributed by atoms with E-state index in [0.717, 1.165) is 73.1 Å². The number of carbonyl (C=O) groups is 2. The molecule has 0 bridgehead atoms. The van der Waals surface area contributed by atoms with E-state index in [-0.39, 0.29) is 50.5 Å². The summed E-state index contributed by atoms with van der Waals surface area (Å²) in [5.41, 5.74) is 2.22. The fourth-order valence-corrected chi connectivity index (χ4v) is 8.37. The lowest BCUT2D eigenvalue weighted by Crippen LogP contribution is -2.43. The van der Waals surface area contributed by atoms with Crippen molar-refractivity contribution >= 4 is 44.9 Å². The summed E-state index contributed by atoms with van der Waals surface area (Å²) < 4.78 is 122. The average molecular weight is 822 g/mol. The number of benzene rings is 4. The average Bonchev–Trinajstić information content (AvgIpc) is 4.11. The summed E-state index contributed by atoms with van der Waals surface area (Å²) in [5, 5.41) is 9.41. The molecule has 1 saturated heterocycles. The van der Waals surface area contributed by atoms with E-state index >= 15 is 8.78 Å². The van der Waals surface area contributed by atoms with Crippen molar-refractivity contribution in [3.63, 3.8) is 0 Å². The quantitative estimate of drug-likeness (QED) is 0.0775. The Hall–Kier alpha value is -4.80. The molecule has 296 valence electrons. The molecular weight excluding hydrogens is 788 g/mol. The Morgan fingerprint density at radius 3 is 2.09 bits per heavy atom. The number of ether oxygens (including phenoxy) is 1. The van der Waals surface area contributed by atoms with E-state index in [4.69, 9.17) is 16.3 Å². The van der Waals surface area contributed by atoms with Crippen LogP contribution in [0.3, 0.4) is 0 Å². The van der Waals surface area contributed by atoms with Gasteiger partial charge >= 0.3 is 5.97 Å². The molecule has 2 saturated carbocycles. The molecule has 9 nitrogen and oxygen atoms in total. The molecule has 3 fully saturated rings. The Kier molecular flexibility index (Phi) is 11.0. The van der Waals surface area contributed by atoms with Gasteiger partial charge in [0.15, 0.2) is 28.2 Å². The van der Waals surface area contributed by atoms with E-state index in [1.54, 1.807) is 0 Å². The second-order valence-corrected chi connectivity index (χ2v) is 16.4. The topological polar surface area (TPSA) is 107 Å². The maximum atomic E-state index is 15.2.